The van der Waals surface area contributed by atoms with Gasteiger partial charge in [-0.3, -0.25) is 4.98 Å². The average Bonchev–Trinajstić information content (AvgIpc) is 3.34. The van der Waals surface area contributed by atoms with Crippen molar-refractivity contribution in [1.82, 2.24) is 4.98 Å². The summed E-state index contributed by atoms with van der Waals surface area (Å²) in [4.78, 5) is 4.64. The molecule has 2 aromatic carbocycles. The van der Waals surface area contributed by atoms with Crippen LogP contribution in [0.2, 0.25) is 0 Å². The Morgan fingerprint density at radius 2 is 1.60 bits per heavy atom. The molecule has 0 bridgehead atoms. The van der Waals surface area contributed by atoms with E-state index in [0.717, 1.165) is 17.7 Å². The molecule has 0 amide bonds. The third-order valence-electron chi connectivity index (χ3n) is 8.64. The number of aliphatic hydroxyl groups is 1. The molecule has 186 valence electrons. The Labute approximate surface area is 210 Å². The highest BCUT2D eigenvalue weighted by molar-refractivity contribution is 5.84. The van der Waals surface area contributed by atoms with Crippen LogP contribution in [0.1, 0.15) is 90.0 Å². The molecule has 3 nitrogen and oxygen atoms in total. The number of fused-ring (bicyclic) bond motifs is 2. The Morgan fingerprint density at radius 3 is 2.17 bits per heavy atom. The lowest BCUT2D eigenvalue weighted by molar-refractivity contribution is 0.163. The number of aliphatic hydroxyl groups excluding tert-OH is 1. The van der Waals surface area contributed by atoms with Gasteiger partial charge in [-0.25, -0.2) is 0 Å². The number of rotatable bonds is 4. The molecule has 2 aliphatic carbocycles. The summed E-state index contributed by atoms with van der Waals surface area (Å²) in [5.41, 5.74) is 6.51. The summed E-state index contributed by atoms with van der Waals surface area (Å²) in [6, 6.07) is 15.4. The number of nitrogens with zero attached hydrogens (tertiary/aromatic N) is 1. The molecule has 3 aromatic rings. The third kappa shape index (κ3) is 4.37. The normalized spacial score (nSPS) is 25.5. The highest BCUT2D eigenvalue weighted by Crippen LogP contribution is 2.67. The highest BCUT2D eigenvalue weighted by Gasteiger charge is 2.65. The van der Waals surface area contributed by atoms with Crippen molar-refractivity contribution in [2.24, 2.45) is 17.3 Å². The molecule has 1 heterocycles. The summed E-state index contributed by atoms with van der Waals surface area (Å²) in [6.45, 7) is 18.8. The minimum absolute atomic E-state index is 0.0852. The lowest BCUT2D eigenvalue weighted by Crippen LogP contribution is -2.23. The van der Waals surface area contributed by atoms with Gasteiger partial charge in [-0.05, 0) is 86.9 Å². The zero-order valence-corrected chi connectivity index (χ0v) is 22.6. The predicted octanol–water partition coefficient (Wildman–Crippen LogP) is 7.53. The summed E-state index contributed by atoms with van der Waals surface area (Å²) in [5, 5.41) is 11.5. The first-order valence-electron chi connectivity index (χ1n) is 13.1. The first-order valence-corrected chi connectivity index (χ1v) is 13.1. The van der Waals surface area contributed by atoms with Crippen LogP contribution in [0.25, 0.3) is 10.9 Å². The van der Waals surface area contributed by atoms with Gasteiger partial charge in [0.05, 0.1) is 11.6 Å². The lowest BCUT2D eigenvalue weighted by Gasteiger charge is -2.32. The second-order valence-electron chi connectivity index (χ2n) is 13.6. The molecule has 0 spiro atoms. The Balaban J connectivity index is 1.44. The standard InChI is InChI=1S/C32H41NO2/c1-30(2,3)20-13-19(14-21(15-20)31(4,5)6)18-35-22-9-10-27-24(16-22)23(11-12-33-27)26-17-25-28(29(25)34)32(26,7)8/h9-16,25-26,28-29,34H,17-18H2,1-8H3/t25-,26?,28?,29-/m0/s1. The molecule has 5 rings (SSSR count). The molecule has 3 heteroatoms. The zero-order valence-electron chi connectivity index (χ0n) is 22.6. The van der Waals surface area contributed by atoms with Gasteiger partial charge in [0.2, 0.25) is 0 Å². The van der Waals surface area contributed by atoms with Gasteiger partial charge in [-0.2, -0.15) is 0 Å². The van der Waals surface area contributed by atoms with Crippen LogP contribution in [0.15, 0.2) is 48.7 Å². The van der Waals surface area contributed by atoms with Crippen molar-refractivity contribution in [3.8, 4) is 5.75 Å². The minimum atomic E-state index is -0.116. The fourth-order valence-electron chi connectivity index (χ4n) is 6.32. The quantitative estimate of drug-likeness (QED) is 0.428. The van der Waals surface area contributed by atoms with E-state index in [-0.39, 0.29) is 22.3 Å². The smallest absolute Gasteiger partial charge is 0.120 e. The van der Waals surface area contributed by atoms with E-state index in [1.165, 1.54) is 27.6 Å². The van der Waals surface area contributed by atoms with Gasteiger partial charge in [0.15, 0.2) is 0 Å². The van der Waals surface area contributed by atoms with Gasteiger partial charge in [-0.1, -0.05) is 73.6 Å². The summed E-state index contributed by atoms with van der Waals surface area (Å²) >= 11 is 0. The van der Waals surface area contributed by atoms with Gasteiger partial charge in [-0.15, -0.1) is 0 Å². The third-order valence-corrected chi connectivity index (χ3v) is 8.64. The lowest BCUT2D eigenvalue weighted by atomic mass is 9.73. The van der Waals surface area contributed by atoms with E-state index >= 15 is 0 Å². The van der Waals surface area contributed by atoms with Crippen molar-refractivity contribution in [2.75, 3.05) is 0 Å². The van der Waals surface area contributed by atoms with Gasteiger partial charge < -0.3 is 9.84 Å². The van der Waals surface area contributed by atoms with Crippen molar-refractivity contribution in [2.45, 2.75) is 91.3 Å². The molecule has 4 atom stereocenters. The number of pyridine rings is 1. The number of benzene rings is 2. The maximum atomic E-state index is 10.3. The molecule has 0 saturated heterocycles. The van der Waals surface area contributed by atoms with Gasteiger partial charge in [0, 0.05) is 11.6 Å². The molecule has 2 saturated carbocycles. The minimum Gasteiger partial charge on any atom is -0.489 e. The molecule has 2 unspecified atom stereocenters. The van der Waals surface area contributed by atoms with Crippen LogP contribution < -0.4 is 4.74 Å². The van der Waals surface area contributed by atoms with Crippen LogP contribution >= 0.6 is 0 Å². The van der Waals surface area contributed by atoms with E-state index in [9.17, 15) is 5.11 Å². The molecule has 0 aliphatic heterocycles. The van der Waals surface area contributed by atoms with Crippen LogP contribution in [0.4, 0.5) is 0 Å². The number of ether oxygens (including phenoxy) is 1. The summed E-state index contributed by atoms with van der Waals surface area (Å²) in [7, 11) is 0. The summed E-state index contributed by atoms with van der Waals surface area (Å²) in [5.74, 6) is 2.18. The van der Waals surface area contributed by atoms with Crippen molar-refractivity contribution in [3.63, 3.8) is 0 Å². The van der Waals surface area contributed by atoms with Crippen LogP contribution in [0.3, 0.4) is 0 Å². The molecule has 35 heavy (non-hydrogen) atoms. The fraction of sp³-hybridized carbons (Fsp3) is 0.531. The second-order valence-corrected chi connectivity index (χ2v) is 13.6. The SMILES string of the molecule is CC(C)(C)c1cc(COc2ccc3nccc(C4C[C@H]5C([C@H]5O)C4(C)C)c3c2)cc(C(C)(C)C)c1. The molecular weight excluding hydrogens is 430 g/mol. The van der Waals surface area contributed by atoms with Crippen molar-refractivity contribution >= 4 is 10.9 Å². The first kappa shape index (κ1) is 24.3. The average molecular weight is 472 g/mol. The maximum Gasteiger partial charge on any atom is 0.120 e. The Bertz CT molecular complexity index is 1230. The first-order chi connectivity index (χ1) is 16.3. The topological polar surface area (TPSA) is 42.4 Å². The van der Waals surface area contributed by atoms with Crippen LogP contribution in [0.5, 0.6) is 5.75 Å². The number of hydrogen-bond acceptors (Lipinski definition) is 3. The Kier molecular flexibility index (Phi) is 5.60. The molecular formula is C32H41NO2. The van der Waals surface area contributed by atoms with Gasteiger partial charge in [0.1, 0.15) is 12.4 Å². The van der Waals surface area contributed by atoms with E-state index in [1.807, 2.05) is 12.3 Å². The Hall–Kier alpha value is -2.39. The van der Waals surface area contributed by atoms with Crippen molar-refractivity contribution < 1.29 is 9.84 Å². The van der Waals surface area contributed by atoms with Crippen molar-refractivity contribution in [1.29, 1.82) is 0 Å². The molecule has 0 radical (unpaired) electrons. The fourth-order valence-corrected chi connectivity index (χ4v) is 6.32. The summed E-state index contributed by atoms with van der Waals surface area (Å²) in [6.07, 6.45) is 2.87. The van der Waals surface area contributed by atoms with E-state index in [2.05, 4.69) is 96.8 Å². The monoisotopic (exact) mass is 471 g/mol. The maximum absolute atomic E-state index is 10.3. The molecule has 1 N–H and O–H groups in total. The van der Waals surface area contributed by atoms with E-state index in [4.69, 9.17) is 4.74 Å². The van der Waals surface area contributed by atoms with E-state index in [1.54, 1.807) is 0 Å². The number of hydrogen-bond donors (Lipinski definition) is 1. The largest absolute Gasteiger partial charge is 0.489 e. The second kappa shape index (κ2) is 8.06. The zero-order chi connectivity index (χ0) is 25.3. The summed E-state index contributed by atoms with van der Waals surface area (Å²) < 4.78 is 6.38. The van der Waals surface area contributed by atoms with Crippen LogP contribution in [-0.4, -0.2) is 16.2 Å². The van der Waals surface area contributed by atoms with E-state index in [0.29, 0.717) is 24.4 Å². The van der Waals surface area contributed by atoms with Crippen LogP contribution in [0, 0.1) is 17.3 Å². The van der Waals surface area contributed by atoms with Crippen molar-refractivity contribution in [3.05, 3.63) is 70.9 Å². The Morgan fingerprint density at radius 1 is 0.943 bits per heavy atom. The predicted molar refractivity (Wildman–Crippen MR) is 144 cm³/mol. The molecule has 2 aliphatic rings. The molecule has 1 aromatic heterocycles. The molecule has 2 fully saturated rings. The van der Waals surface area contributed by atoms with Crippen LogP contribution in [-0.2, 0) is 17.4 Å². The van der Waals surface area contributed by atoms with Gasteiger partial charge >= 0.3 is 0 Å². The van der Waals surface area contributed by atoms with E-state index < -0.39 is 0 Å². The highest BCUT2D eigenvalue weighted by atomic mass is 16.5. The van der Waals surface area contributed by atoms with Gasteiger partial charge in [0.25, 0.3) is 0 Å². The number of aromatic nitrogens is 1.